The van der Waals surface area contributed by atoms with Crippen molar-refractivity contribution in [1.29, 1.82) is 0 Å². The van der Waals surface area contributed by atoms with E-state index in [2.05, 4.69) is 17.4 Å². The van der Waals surface area contributed by atoms with Crippen molar-refractivity contribution in [2.24, 2.45) is 0 Å². The Hall–Kier alpha value is -1.68. The maximum absolute atomic E-state index is 12.0. The van der Waals surface area contributed by atoms with Crippen molar-refractivity contribution >= 4 is 11.8 Å². The fourth-order valence-corrected chi connectivity index (χ4v) is 2.85. The van der Waals surface area contributed by atoms with E-state index in [4.69, 9.17) is 0 Å². The molecule has 1 N–H and O–H groups in total. The van der Waals surface area contributed by atoms with Gasteiger partial charge in [0.2, 0.25) is 11.8 Å². The lowest BCUT2D eigenvalue weighted by Gasteiger charge is -2.29. The average Bonchev–Trinajstić information content (AvgIpc) is 2.86. The molecule has 19 heavy (non-hydrogen) atoms. The van der Waals surface area contributed by atoms with E-state index >= 15 is 0 Å². The van der Waals surface area contributed by atoms with Gasteiger partial charge in [0.15, 0.2) is 0 Å². The molecule has 4 heteroatoms. The third kappa shape index (κ3) is 2.28. The molecule has 1 aliphatic heterocycles. The number of nitrogens with one attached hydrogen (secondary N) is 1. The summed E-state index contributed by atoms with van der Waals surface area (Å²) in [7, 11) is 0. The molecule has 0 saturated carbocycles. The third-order valence-electron chi connectivity index (χ3n) is 4.00. The second-order valence-corrected chi connectivity index (χ2v) is 5.38. The second kappa shape index (κ2) is 4.78. The molecule has 1 saturated heterocycles. The van der Waals surface area contributed by atoms with E-state index < -0.39 is 0 Å². The number of rotatable bonds is 2. The van der Waals surface area contributed by atoms with Crippen LogP contribution in [0.25, 0.3) is 0 Å². The molecule has 1 fully saturated rings. The summed E-state index contributed by atoms with van der Waals surface area (Å²) >= 11 is 0. The lowest BCUT2D eigenvalue weighted by Crippen LogP contribution is -2.56. The number of amides is 2. The van der Waals surface area contributed by atoms with Crippen LogP contribution in [0.3, 0.4) is 0 Å². The molecule has 0 spiro atoms. The summed E-state index contributed by atoms with van der Waals surface area (Å²) < 4.78 is 0. The molecule has 2 amide bonds. The van der Waals surface area contributed by atoms with Crippen LogP contribution < -0.4 is 5.32 Å². The van der Waals surface area contributed by atoms with Gasteiger partial charge < -0.3 is 0 Å². The predicted molar refractivity (Wildman–Crippen MR) is 71.5 cm³/mol. The number of benzene rings is 1. The highest BCUT2D eigenvalue weighted by Gasteiger charge is 2.31. The number of aryl methyl sites for hydroxylation is 2. The van der Waals surface area contributed by atoms with Crippen LogP contribution in [0.15, 0.2) is 18.2 Å². The van der Waals surface area contributed by atoms with Crippen LogP contribution in [-0.2, 0) is 29.0 Å². The van der Waals surface area contributed by atoms with E-state index in [0.717, 1.165) is 18.4 Å². The Balaban J connectivity index is 1.80. The summed E-state index contributed by atoms with van der Waals surface area (Å²) in [5.74, 6) is -0.264. The number of nitrogens with zero attached hydrogens (tertiary/aromatic N) is 1. The first-order valence-corrected chi connectivity index (χ1v) is 6.83. The van der Waals surface area contributed by atoms with Crippen molar-refractivity contribution in [2.75, 3.05) is 6.54 Å². The minimum atomic E-state index is -0.271. The van der Waals surface area contributed by atoms with Gasteiger partial charge in [-0.15, -0.1) is 0 Å². The Bertz CT molecular complexity index is 539. The number of imide groups is 1. The van der Waals surface area contributed by atoms with Gasteiger partial charge in [0.1, 0.15) is 0 Å². The molecule has 0 aromatic heterocycles. The minimum absolute atomic E-state index is 0.128. The Morgan fingerprint density at radius 1 is 1.26 bits per heavy atom. The molecular weight excluding hydrogens is 240 g/mol. The molecule has 0 bridgehead atoms. The Morgan fingerprint density at radius 3 is 2.89 bits per heavy atom. The van der Waals surface area contributed by atoms with Crippen LogP contribution in [0.4, 0.5) is 0 Å². The number of piperazine rings is 1. The van der Waals surface area contributed by atoms with Gasteiger partial charge in [-0.2, -0.15) is 0 Å². The topological polar surface area (TPSA) is 49.4 Å². The molecule has 1 atom stereocenters. The summed E-state index contributed by atoms with van der Waals surface area (Å²) in [4.78, 5) is 25.2. The van der Waals surface area contributed by atoms with E-state index in [-0.39, 0.29) is 24.4 Å². The summed E-state index contributed by atoms with van der Waals surface area (Å²) in [5, 5.41) is 2.90. The zero-order valence-electron chi connectivity index (χ0n) is 11.1. The molecule has 1 aliphatic carbocycles. The van der Waals surface area contributed by atoms with Gasteiger partial charge in [-0.3, -0.25) is 19.8 Å². The average molecular weight is 258 g/mol. The van der Waals surface area contributed by atoms with Crippen molar-refractivity contribution in [1.82, 2.24) is 10.2 Å². The lowest BCUT2D eigenvalue weighted by molar-refractivity contribution is -0.149. The van der Waals surface area contributed by atoms with Crippen LogP contribution in [0.2, 0.25) is 0 Å². The molecule has 1 aromatic carbocycles. The van der Waals surface area contributed by atoms with E-state index in [1.807, 2.05) is 6.07 Å². The fraction of sp³-hybridized carbons (Fsp3) is 0.467. The first-order chi connectivity index (χ1) is 9.15. The summed E-state index contributed by atoms with van der Waals surface area (Å²) in [6, 6.07) is 6.05. The van der Waals surface area contributed by atoms with Gasteiger partial charge in [-0.25, -0.2) is 0 Å². The van der Waals surface area contributed by atoms with Crippen LogP contribution in [0.1, 0.15) is 30.0 Å². The smallest absolute Gasteiger partial charge is 0.246 e. The Morgan fingerprint density at radius 2 is 2.05 bits per heavy atom. The van der Waals surface area contributed by atoms with E-state index in [0.29, 0.717) is 6.54 Å². The molecule has 100 valence electrons. The highest BCUT2D eigenvalue weighted by molar-refractivity contribution is 6.00. The number of fused-ring (bicyclic) bond motifs is 1. The van der Waals surface area contributed by atoms with Gasteiger partial charge in [-0.1, -0.05) is 18.2 Å². The first-order valence-electron chi connectivity index (χ1n) is 6.83. The molecule has 1 aromatic rings. The van der Waals surface area contributed by atoms with Crippen molar-refractivity contribution in [3.63, 3.8) is 0 Å². The monoisotopic (exact) mass is 258 g/mol. The van der Waals surface area contributed by atoms with Gasteiger partial charge >= 0.3 is 0 Å². The van der Waals surface area contributed by atoms with Crippen molar-refractivity contribution < 1.29 is 9.59 Å². The second-order valence-electron chi connectivity index (χ2n) is 5.38. The molecule has 4 nitrogen and oxygen atoms in total. The van der Waals surface area contributed by atoms with Crippen molar-refractivity contribution in [2.45, 2.75) is 38.8 Å². The first kappa shape index (κ1) is 12.4. The molecule has 1 heterocycles. The number of hydrogen-bond acceptors (Lipinski definition) is 3. The molecular formula is C15H18N2O2. The Labute approximate surface area is 112 Å². The molecule has 3 rings (SSSR count). The molecule has 1 unspecified atom stereocenters. The number of carbonyl (C=O) groups is 2. The zero-order valence-corrected chi connectivity index (χ0v) is 11.1. The number of hydrogen-bond donors (Lipinski definition) is 1. The minimum Gasteiger partial charge on any atom is -0.298 e. The Kier molecular flexibility index (Phi) is 3.11. The van der Waals surface area contributed by atoms with Crippen molar-refractivity contribution in [3.05, 3.63) is 34.9 Å². The fourth-order valence-electron chi connectivity index (χ4n) is 2.85. The zero-order chi connectivity index (χ0) is 13.4. The predicted octanol–water partition coefficient (Wildman–Crippen LogP) is 1.02. The van der Waals surface area contributed by atoms with Gasteiger partial charge in [0, 0.05) is 0 Å². The largest absolute Gasteiger partial charge is 0.298 e. The SMILES string of the molecule is CC1NCC(=O)N(Cc2ccc3c(c2)CCC3)C1=O. The standard InChI is InChI=1S/C15H18N2O2/c1-10-15(19)17(14(18)8-16-10)9-11-5-6-12-3-2-4-13(12)7-11/h5-7,10,16H,2-4,8-9H2,1H3. The van der Waals surface area contributed by atoms with Crippen LogP contribution >= 0.6 is 0 Å². The van der Waals surface area contributed by atoms with Gasteiger partial charge in [-0.05, 0) is 42.9 Å². The molecule has 0 radical (unpaired) electrons. The van der Waals surface area contributed by atoms with Crippen LogP contribution in [0, 0.1) is 0 Å². The summed E-state index contributed by atoms with van der Waals surface area (Å²) in [6.07, 6.45) is 3.47. The van der Waals surface area contributed by atoms with E-state index in [9.17, 15) is 9.59 Å². The van der Waals surface area contributed by atoms with Crippen LogP contribution in [-0.4, -0.2) is 29.3 Å². The normalized spacial score (nSPS) is 22.8. The highest BCUT2D eigenvalue weighted by Crippen LogP contribution is 2.23. The van der Waals surface area contributed by atoms with Crippen molar-refractivity contribution in [3.8, 4) is 0 Å². The van der Waals surface area contributed by atoms with Gasteiger partial charge in [0.05, 0.1) is 19.1 Å². The third-order valence-corrected chi connectivity index (χ3v) is 4.00. The summed E-state index contributed by atoms with van der Waals surface area (Å²) in [5.41, 5.74) is 3.84. The van der Waals surface area contributed by atoms with Gasteiger partial charge in [0.25, 0.3) is 0 Å². The maximum Gasteiger partial charge on any atom is 0.246 e. The van der Waals surface area contributed by atoms with E-state index in [1.54, 1.807) is 6.92 Å². The highest BCUT2D eigenvalue weighted by atomic mass is 16.2. The quantitative estimate of drug-likeness (QED) is 0.806. The van der Waals surface area contributed by atoms with E-state index in [1.165, 1.54) is 22.4 Å². The molecule has 2 aliphatic rings. The summed E-state index contributed by atoms with van der Waals surface area (Å²) in [6.45, 7) is 2.44. The maximum atomic E-state index is 12.0. The number of carbonyl (C=O) groups excluding carboxylic acids is 2. The lowest BCUT2D eigenvalue weighted by atomic mass is 10.1. The van der Waals surface area contributed by atoms with Crippen LogP contribution in [0.5, 0.6) is 0 Å².